The van der Waals surface area contributed by atoms with Gasteiger partial charge in [0.2, 0.25) is 0 Å². The van der Waals surface area contributed by atoms with Gasteiger partial charge in [-0.05, 0) is 24.3 Å². The molecule has 0 radical (unpaired) electrons. The third-order valence-corrected chi connectivity index (χ3v) is 4.61. The number of nitrogens with one attached hydrogen (secondary N) is 1. The van der Waals surface area contributed by atoms with Crippen molar-refractivity contribution in [2.75, 3.05) is 44.7 Å². The van der Waals surface area contributed by atoms with Gasteiger partial charge in [0.1, 0.15) is 0 Å². The first kappa shape index (κ1) is 19.7. The van der Waals surface area contributed by atoms with Crippen LogP contribution in [0.2, 0.25) is 5.02 Å². The fourth-order valence-corrected chi connectivity index (χ4v) is 3.11. The van der Waals surface area contributed by atoms with Gasteiger partial charge >= 0.3 is 6.18 Å². The van der Waals surface area contributed by atoms with E-state index >= 15 is 0 Å². The molecule has 1 aromatic heterocycles. The Kier molecular flexibility index (Phi) is 6.08. The van der Waals surface area contributed by atoms with Crippen molar-refractivity contribution in [1.29, 1.82) is 0 Å². The van der Waals surface area contributed by atoms with Crippen LogP contribution in [0.15, 0.2) is 41.3 Å². The maximum atomic E-state index is 12.9. The van der Waals surface area contributed by atoms with E-state index in [1.807, 2.05) is 0 Å². The van der Waals surface area contributed by atoms with Gasteiger partial charge in [-0.2, -0.15) is 13.2 Å². The Labute approximate surface area is 159 Å². The van der Waals surface area contributed by atoms with Crippen molar-refractivity contribution < 1.29 is 17.9 Å². The van der Waals surface area contributed by atoms with Gasteiger partial charge in [0.15, 0.2) is 0 Å². The molecule has 1 fully saturated rings. The number of halogens is 4. The highest BCUT2D eigenvalue weighted by Gasteiger charge is 2.31. The molecular weight excluding hydrogens is 383 g/mol. The molecule has 146 valence electrons. The number of aromatic nitrogens is 1. The number of rotatable bonds is 5. The fraction of sp³-hybridized carbons (Fsp3) is 0.389. The summed E-state index contributed by atoms with van der Waals surface area (Å²) in [7, 11) is 0. The zero-order valence-electron chi connectivity index (χ0n) is 14.4. The highest BCUT2D eigenvalue weighted by molar-refractivity contribution is 6.32. The molecule has 0 atom stereocenters. The lowest BCUT2D eigenvalue weighted by Crippen LogP contribution is -2.39. The monoisotopic (exact) mass is 401 g/mol. The molecule has 0 unspecified atom stereocenters. The van der Waals surface area contributed by atoms with Crippen LogP contribution in [0, 0.1) is 0 Å². The molecule has 0 bridgehead atoms. The van der Waals surface area contributed by atoms with Crippen LogP contribution in [0.4, 0.5) is 18.9 Å². The van der Waals surface area contributed by atoms with Crippen molar-refractivity contribution in [2.45, 2.75) is 6.18 Å². The summed E-state index contributed by atoms with van der Waals surface area (Å²) in [6, 6.07) is 6.46. The quantitative estimate of drug-likeness (QED) is 0.835. The Morgan fingerprint density at radius 2 is 1.89 bits per heavy atom. The summed E-state index contributed by atoms with van der Waals surface area (Å²) in [5.74, 6) is 0. The molecule has 9 heteroatoms. The number of anilines is 1. The number of ether oxygens (including phenoxy) is 1. The minimum atomic E-state index is -4.54. The number of hydrogen-bond donors (Lipinski definition) is 1. The van der Waals surface area contributed by atoms with E-state index in [1.165, 1.54) is 6.07 Å². The minimum Gasteiger partial charge on any atom is -0.384 e. The van der Waals surface area contributed by atoms with Gasteiger partial charge in [-0.3, -0.25) is 14.3 Å². The molecule has 1 aliphatic rings. The lowest BCUT2D eigenvalue weighted by Gasteiger charge is -2.26. The Morgan fingerprint density at radius 1 is 1.15 bits per heavy atom. The number of morpholine rings is 1. The third kappa shape index (κ3) is 5.03. The zero-order chi connectivity index (χ0) is 19.4. The first-order chi connectivity index (χ1) is 12.8. The lowest BCUT2D eigenvalue weighted by atomic mass is 10.2. The average molecular weight is 402 g/mol. The van der Waals surface area contributed by atoms with Crippen molar-refractivity contribution >= 4 is 17.3 Å². The molecule has 2 heterocycles. The SMILES string of the molecule is O=c1ccc(C(F)(F)F)cn1-c1ccc(NCCN2CCOCC2)cc1Cl. The summed E-state index contributed by atoms with van der Waals surface area (Å²) in [6.07, 6.45) is -3.78. The van der Waals surface area contributed by atoms with E-state index in [2.05, 4.69) is 10.2 Å². The summed E-state index contributed by atoms with van der Waals surface area (Å²) in [5.41, 5.74) is -0.563. The Morgan fingerprint density at radius 3 is 2.56 bits per heavy atom. The average Bonchev–Trinajstić information content (AvgIpc) is 2.63. The Bertz CT molecular complexity index is 848. The first-order valence-electron chi connectivity index (χ1n) is 8.48. The van der Waals surface area contributed by atoms with Crippen molar-refractivity contribution in [3.63, 3.8) is 0 Å². The predicted molar refractivity (Wildman–Crippen MR) is 97.8 cm³/mol. The number of hydrogen-bond acceptors (Lipinski definition) is 4. The van der Waals surface area contributed by atoms with E-state index in [0.717, 1.165) is 61.4 Å². The maximum Gasteiger partial charge on any atom is 0.417 e. The lowest BCUT2D eigenvalue weighted by molar-refractivity contribution is -0.138. The standard InChI is InChI=1S/C18H19ClF3N3O2/c19-15-11-14(23-5-6-24-7-9-27-10-8-24)2-3-16(15)25-12-13(18(20,21)22)1-4-17(25)26/h1-4,11-12,23H,5-10H2. The molecule has 1 N–H and O–H groups in total. The van der Waals surface area contributed by atoms with E-state index in [1.54, 1.807) is 12.1 Å². The molecule has 5 nitrogen and oxygen atoms in total. The number of nitrogens with zero attached hydrogens (tertiary/aromatic N) is 2. The van der Waals surface area contributed by atoms with Crippen LogP contribution in [0.5, 0.6) is 0 Å². The van der Waals surface area contributed by atoms with Gasteiger partial charge in [0.05, 0.1) is 29.5 Å². The largest absolute Gasteiger partial charge is 0.417 e. The molecule has 0 amide bonds. The summed E-state index contributed by atoms with van der Waals surface area (Å²) in [5, 5.41) is 3.42. The predicted octanol–water partition coefficient (Wildman–Crippen LogP) is 3.25. The summed E-state index contributed by atoms with van der Waals surface area (Å²) in [4.78, 5) is 14.3. The second kappa shape index (κ2) is 8.33. The molecule has 1 aromatic carbocycles. The van der Waals surface area contributed by atoms with Gasteiger partial charge < -0.3 is 10.1 Å². The van der Waals surface area contributed by atoms with Gasteiger partial charge in [-0.1, -0.05) is 11.6 Å². The van der Waals surface area contributed by atoms with Gasteiger partial charge in [-0.25, -0.2) is 0 Å². The van der Waals surface area contributed by atoms with Crippen molar-refractivity contribution in [2.24, 2.45) is 0 Å². The molecule has 0 spiro atoms. The molecule has 27 heavy (non-hydrogen) atoms. The van der Waals surface area contributed by atoms with Gasteiger partial charge in [0, 0.05) is 44.1 Å². The van der Waals surface area contributed by atoms with Crippen LogP contribution in [0.1, 0.15) is 5.56 Å². The highest BCUT2D eigenvalue weighted by Crippen LogP contribution is 2.30. The molecular formula is C18H19ClF3N3O2. The summed E-state index contributed by atoms with van der Waals surface area (Å²) < 4.78 is 44.9. The van der Waals surface area contributed by atoms with Crippen LogP contribution >= 0.6 is 11.6 Å². The second-order valence-corrected chi connectivity index (χ2v) is 6.58. The first-order valence-corrected chi connectivity index (χ1v) is 8.86. The molecule has 0 aliphatic carbocycles. The minimum absolute atomic E-state index is 0.188. The van der Waals surface area contributed by atoms with Crippen LogP contribution in [-0.4, -0.2) is 48.9 Å². The van der Waals surface area contributed by atoms with E-state index < -0.39 is 17.3 Å². The van der Waals surface area contributed by atoms with Gasteiger partial charge in [0.25, 0.3) is 5.56 Å². The number of pyridine rings is 1. The van der Waals surface area contributed by atoms with Crippen LogP contribution in [-0.2, 0) is 10.9 Å². The zero-order valence-corrected chi connectivity index (χ0v) is 15.2. The smallest absolute Gasteiger partial charge is 0.384 e. The summed E-state index contributed by atoms with van der Waals surface area (Å²) in [6.45, 7) is 4.77. The Balaban J connectivity index is 1.72. The van der Waals surface area contributed by atoms with E-state index in [-0.39, 0.29) is 10.7 Å². The number of alkyl halides is 3. The van der Waals surface area contributed by atoms with E-state index in [0.29, 0.717) is 6.54 Å². The molecule has 1 saturated heterocycles. The molecule has 3 rings (SSSR count). The van der Waals surface area contributed by atoms with Crippen molar-refractivity contribution in [3.8, 4) is 5.69 Å². The molecule has 0 saturated carbocycles. The topological polar surface area (TPSA) is 46.5 Å². The molecule has 1 aliphatic heterocycles. The van der Waals surface area contributed by atoms with Gasteiger partial charge in [-0.15, -0.1) is 0 Å². The number of benzene rings is 1. The van der Waals surface area contributed by atoms with Crippen LogP contribution in [0.25, 0.3) is 5.69 Å². The Hall–Kier alpha value is -2.03. The van der Waals surface area contributed by atoms with Crippen LogP contribution < -0.4 is 10.9 Å². The van der Waals surface area contributed by atoms with Crippen molar-refractivity contribution in [1.82, 2.24) is 9.47 Å². The van der Waals surface area contributed by atoms with E-state index in [4.69, 9.17) is 16.3 Å². The maximum absolute atomic E-state index is 12.9. The summed E-state index contributed by atoms with van der Waals surface area (Å²) >= 11 is 6.22. The third-order valence-electron chi connectivity index (χ3n) is 4.31. The van der Waals surface area contributed by atoms with Crippen molar-refractivity contribution in [3.05, 3.63) is 57.5 Å². The second-order valence-electron chi connectivity index (χ2n) is 6.17. The highest BCUT2D eigenvalue weighted by atomic mass is 35.5. The van der Waals surface area contributed by atoms with Crippen LogP contribution in [0.3, 0.4) is 0 Å². The fourth-order valence-electron chi connectivity index (χ4n) is 2.84. The normalized spacial score (nSPS) is 15.7. The van der Waals surface area contributed by atoms with E-state index in [9.17, 15) is 18.0 Å². The molecule has 2 aromatic rings.